The van der Waals surface area contributed by atoms with E-state index >= 15 is 0 Å². The summed E-state index contributed by atoms with van der Waals surface area (Å²) in [5, 5.41) is 27.4. The van der Waals surface area contributed by atoms with Gasteiger partial charge in [0.25, 0.3) is 17.5 Å². The van der Waals surface area contributed by atoms with Crippen LogP contribution < -0.4 is 10.7 Å². The maximum Gasteiger partial charge on any atom is 0.287 e. The number of aromatic hydroxyl groups is 1. The molecule has 3 aromatic rings. The Morgan fingerprint density at radius 3 is 2.35 bits per heavy atom. The molecule has 0 bridgehead atoms. The Morgan fingerprint density at radius 1 is 1.03 bits per heavy atom. The van der Waals surface area contributed by atoms with E-state index in [1.807, 2.05) is 0 Å². The number of hydrazone groups is 1. The normalized spacial score (nSPS) is 11.3. The van der Waals surface area contributed by atoms with E-state index in [0.717, 1.165) is 0 Å². The molecule has 0 unspecified atom stereocenters. The number of halogens is 2. The van der Waals surface area contributed by atoms with Crippen molar-refractivity contribution in [1.29, 1.82) is 0 Å². The lowest BCUT2D eigenvalue weighted by Gasteiger charge is -2.09. The number of hydrogen-bond acceptors (Lipinski definition) is 6. The van der Waals surface area contributed by atoms with Crippen molar-refractivity contribution in [3.8, 4) is 5.75 Å². The Morgan fingerprint density at radius 2 is 1.71 bits per heavy atom. The quantitative estimate of drug-likeness (QED) is 0.159. The van der Waals surface area contributed by atoms with Gasteiger partial charge in [-0.25, -0.2) is 5.43 Å². The highest BCUT2D eigenvalue weighted by molar-refractivity contribution is 9.11. The number of rotatable bonds is 7. The number of nitrogens with zero attached hydrogens (tertiary/aromatic N) is 2. The third-order valence-electron chi connectivity index (χ3n) is 4.37. The zero-order chi connectivity index (χ0) is 24.7. The lowest BCUT2D eigenvalue weighted by Crippen LogP contribution is -2.32. The highest BCUT2D eigenvalue weighted by atomic mass is 79.9. The van der Waals surface area contributed by atoms with Crippen molar-refractivity contribution in [3.63, 3.8) is 0 Å². The number of nitro groups is 1. The van der Waals surface area contributed by atoms with Crippen LogP contribution in [0, 0.1) is 10.1 Å². The summed E-state index contributed by atoms with van der Waals surface area (Å²) in [7, 11) is 0. The second-order valence-corrected chi connectivity index (χ2v) is 8.52. The van der Waals surface area contributed by atoms with Gasteiger partial charge in [0.2, 0.25) is 0 Å². The number of carbonyl (C=O) groups excluding carboxylic acids is 2. The van der Waals surface area contributed by atoms with Gasteiger partial charge in [-0.15, -0.1) is 0 Å². The molecule has 0 heterocycles. The fourth-order valence-electron chi connectivity index (χ4n) is 2.71. The second kappa shape index (κ2) is 11.3. The lowest BCUT2D eigenvalue weighted by atomic mass is 10.1. The van der Waals surface area contributed by atoms with Gasteiger partial charge in [-0.3, -0.25) is 19.7 Å². The van der Waals surface area contributed by atoms with E-state index in [2.05, 4.69) is 47.7 Å². The van der Waals surface area contributed by atoms with Crippen molar-refractivity contribution in [1.82, 2.24) is 10.7 Å². The molecule has 0 fully saturated rings. The van der Waals surface area contributed by atoms with Crippen LogP contribution in [0.1, 0.15) is 21.5 Å². The molecule has 0 aliphatic rings. The highest BCUT2D eigenvalue weighted by Crippen LogP contribution is 2.30. The van der Waals surface area contributed by atoms with Crippen LogP contribution >= 0.6 is 31.9 Å². The predicted molar refractivity (Wildman–Crippen MR) is 134 cm³/mol. The van der Waals surface area contributed by atoms with Gasteiger partial charge in [0.1, 0.15) is 11.4 Å². The minimum absolute atomic E-state index is 0.0692. The van der Waals surface area contributed by atoms with Gasteiger partial charge < -0.3 is 10.4 Å². The SMILES string of the molecule is O=C(NN=Cc1cc(Br)cc(Br)c1O)/C(=C\c1ccc([N+](=O)[O-])cc1)NC(=O)c1ccccc1. The zero-order valence-corrected chi connectivity index (χ0v) is 20.4. The third-order valence-corrected chi connectivity index (χ3v) is 5.43. The van der Waals surface area contributed by atoms with Crippen LogP contribution in [-0.2, 0) is 4.79 Å². The van der Waals surface area contributed by atoms with Crippen molar-refractivity contribution < 1.29 is 19.6 Å². The molecular formula is C23H16Br2N4O5. The molecule has 172 valence electrons. The summed E-state index contributed by atoms with van der Waals surface area (Å²) in [5.41, 5.74) is 3.16. The Bertz CT molecular complexity index is 1290. The van der Waals surface area contributed by atoms with Crippen LogP contribution in [0.4, 0.5) is 5.69 Å². The van der Waals surface area contributed by atoms with Crippen molar-refractivity contribution >= 4 is 61.7 Å². The van der Waals surface area contributed by atoms with Crippen molar-refractivity contribution in [2.24, 2.45) is 5.10 Å². The molecule has 34 heavy (non-hydrogen) atoms. The van der Waals surface area contributed by atoms with E-state index in [9.17, 15) is 24.8 Å². The summed E-state index contributed by atoms with van der Waals surface area (Å²) in [4.78, 5) is 35.7. The number of phenols is 1. The molecule has 3 rings (SSSR count). The van der Waals surface area contributed by atoms with Gasteiger partial charge in [-0.1, -0.05) is 34.1 Å². The summed E-state index contributed by atoms with van der Waals surface area (Å²) < 4.78 is 1.11. The minimum atomic E-state index is -0.743. The molecule has 11 heteroatoms. The summed E-state index contributed by atoms with van der Waals surface area (Å²) >= 11 is 6.52. The molecule has 0 aliphatic heterocycles. The molecule has 0 aromatic heterocycles. The molecule has 3 N–H and O–H groups in total. The van der Waals surface area contributed by atoms with Gasteiger partial charge in [0.05, 0.1) is 15.6 Å². The van der Waals surface area contributed by atoms with Gasteiger partial charge in [0, 0.05) is 27.7 Å². The number of carbonyl (C=O) groups is 2. The molecule has 3 aromatic carbocycles. The zero-order valence-electron chi connectivity index (χ0n) is 17.2. The van der Waals surface area contributed by atoms with Crippen molar-refractivity contribution in [2.75, 3.05) is 0 Å². The average molecular weight is 588 g/mol. The number of hydrogen-bond donors (Lipinski definition) is 3. The maximum atomic E-state index is 12.8. The monoisotopic (exact) mass is 586 g/mol. The van der Waals surface area contributed by atoms with Crippen molar-refractivity contribution in [3.05, 3.63) is 108 Å². The number of nitrogens with one attached hydrogen (secondary N) is 2. The molecule has 0 saturated carbocycles. The number of nitro benzene ring substituents is 1. The first-order chi connectivity index (χ1) is 16.2. The van der Waals surface area contributed by atoms with E-state index in [1.165, 1.54) is 36.6 Å². The maximum absolute atomic E-state index is 12.8. The van der Waals surface area contributed by atoms with E-state index in [-0.39, 0.29) is 17.1 Å². The lowest BCUT2D eigenvalue weighted by molar-refractivity contribution is -0.384. The Balaban J connectivity index is 1.85. The Labute approximate surface area is 210 Å². The molecule has 0 radical (unpaired) electrons. The molecule has 0 atom stereocenters. The first-order valence-electron chi connectivity index (χ1n) is 9.58. The summed E-state index contributed by atoms with van der Waals surface area (Å²) in [6.45, 7) is 0. The standard InChI is InChI=1S/C23H16Br2N4O5/c24-17-11-16(21(30)19(25)12-17)13-26-28-23(32)20(27-22(31)15-4-2-1-3-5-15)10-14-6-8-18(9-7-14)29(33)34/h1-13,30H,(H,27,31)(H,28,32)/b20-10+,26-13?. The summed E-state index contributed by atoms with van der Waals surface area (Å²) in [6, 6.07) is 17.0. The smallest absolute Gasteiger partial charge is 0.287 e. The number of non-ortho nitro benzene ring substituents is 1. The van der Waals surface area contributed by atoms with Crippen LogP contribution in [0.5, 0.6) is 5.75 Å². The Hall–Kier alpha value is -3.83. The van der Waals surface area contributed by atoms with Crippen LogP contribution in [-0.4, -0.2) is 28.1 Å². The predicted octanol–water partition coefficient (Wildman–Crippen LogP) is 4.75. The summed E-state index contributed by atoms with van der Waals surface area (Å²) in [6.07, 6.45) is 2.61. The average Bonchev–Trinajstić information content (AvgIpc) is 2.82. The van der Waals surface area contributed by atoms with E-state index in [1.54, 1.807) is 42.5 Å². The second-order valence-electron chi connectivity index (χ2n) is 6.75. The molecule has 0 spiro atoms. The third kappa shape index (κ3) is 6.59. The molecule has 2 amide bonds. The first kappa shape index (κ1) is 24.8. The van der Waals surface area contributed by atoms with Crippen LogP contribution in [0.3, 0.4) is 0 Å². The van der Waals surface area contributed by atoms with E-state index in [4.69, 9.17) is 0 Å². The van der Waals surface area contributed by atoms with Gasteiger partial charge in [-0.05, 0) is 64.0 Å². The van der Waals surface area contributed by atoms with Gasteiger partial charge in [0.15, 0.2) is 0 Å². The van der Waals surface area contributed by atoms with Crippen LogP contribution in [0.2, 0.25) is 0 Å². The van der Waals surface area contributed by atoms with Crippen LogP contribution in [0.15, 0.2) is 86.5 Å². The van der Waals surface area contributed by atoms with E-state index < -0.39 is 16.7 Å². The number of amides is 2. The fourth-order valence-corrected chi connectivity index (χ4v) is 3.96. The molecule has 9 nitrogen and oxygen atoms in total. The molecule has 0 aliphatic carbocycles. The van der Waals surface area contributed by atoms with Crippen LogP contribution in [0.25, 0.3) is 6.08 Å². The molecular weight excluding hydrogens is 572 g/mol. The van der Waals surface area contributed by atoms with Gasteiger partial charge >= 0.3 is 0 Å². The summed E-state index contributed by atoms with van der Waals surface area (Å²) in [5.74, 6) is -1.34. The first-order valence-corrected chi connectivity index (χ1v) is 11.2. The number of phenolic OH excluding ortho intramolecular Hbond substituents is 1. The van der Waals surface area contributed by atoms with Crippen molar-refractivity contribution in [2.45, 2.75) is 0 Å². The topological polar surface area (TPSA) is 134 Å². The Kier molecular flexibility index (Phi) is 8.28. The number of benzene rings is 3. The molecule has 0 saturated heterocycles. The highest BCUT2D eigenvalue weighted by Gasteiger charge is 2.15. The van der Waals surface area contributed by atoms with Gasteiger partial charge in [-0.2, -0.15) is 5.10 Å². The largest absolute Gasteiger partial charge is 0.506 e. The fraction of sp³-hybridized carbons (Fsp3) is 0. The van der Waals surface area contributed by atoms with E-state index in [0.29, 0.717) is 25.6 Å². The minimum Gasteiger partial charge on any atom is -0.506 e.